The summed E-state index contributed by atoms with van der Waals surface area (Å²) in [5, 5.41) is 0.00195. The lowest BCUT2D eigenvalue weighted by Crippen LogP contribution is -2.29. The second kappa shape index (κ2) is 10.7. The number of hydrogen-bond donors (Lipinski definition) is 3. The molecule has 0 aliphatic heterocycles. The SMILES string of the molecule is CS(=O)Nc1cccc(-c2cnc3[nH]cc(C(=O)c4cc(NS(=O)(=O)C5CCCCC5)ccc4F)c3c2)c1. The van der Waals surface area contributed by atoms with Crippen LogP contribution >= 0.6 is 0 Å². The molecule has 5 rings (SSSR count). The molecule has 4 aromatic rings. The minimum Gasteiger partial charge on any atom is -0.345 e. The molecule has 8 nitrogen and oxygen atoms in total. The van der Waals surface area contributed by atoms with Gasteiger partial charge in [0.05, 0.1) is 10.8 Å². The Labute approximate surface area is 222 Å². The van der Waals surface area contributed by atoms with E-state index in [4.69, 9.17) is 0 Å². The van der Waals surface area contributed by atoms with Crippen LogP contribution < -0.4 is 9.44 Å². The Morgan fingerprint density at radius 1 is 1.03 bits per heavy atom. The van der Waals surface area contributed by atoms with Crippen molar-refractivity contribution in [3.63, 3.8) is 0 Å². The van der Waals surface area contributed by atoms with Gasteiger partial charge in [0.25, 0.3) is 0 Å². The second-order valence-electron chi connectivity index (χ2n) is 9.39. The molecule has 198 valence electrons. The lowest BCUT2D eigenvalue weighted by Gasteiger charge is -2.22. The maximum absolute atomic E-state index is 14.8. The third-order valence-corrected chi connectivity index (χ3v) is 9.09. The molecular weight excluding hydrogens is 527 g/mol. The minimum atomic E-state index is -3.65. The number of sulfonamides is 1. The first-order chi connectivity index (χ1) is 18.2. The van der Waals surface area contributed by atoms with E-state index in [0.717, 1.165) is 30.9 Å². The van der Waals surface area contributed by atoms with Gasteiger partial charge >= 0.3 is 0 Å². The number of anilines is 2. The molecule has 2 aromatic carbocycles. The number of aromatic amines is 1. The lowest BCUT2D eigenvalue weighted by molar-refractivity contribution is 0.103. The lowest BCUT2D eigenvalue weighted by atomic mass is 10.00. The Hall–Kier alpha value is -3.57. The van der Waals surface area contributed by atoms with Gasteiger partial charge in [-0.1, -0.05) is 31.4 Å². The Kier molecular flexibility index (Phi) is 7.31. The van der Waals surface area contributed by atoms with Crippen LogP contribution in [0.2, 0.25) is 0 Å². The summed E-state index contributed by atoms with van der Waals surface area (Å²) in [5.74, 6) is -1.34. The molecule has 0 bridgehead atoms. The van der Waals surface area contributed by atoms with Gasteiger partial charge < -0.3 is 9.71 Å². The molecule has 0 amide bonds. The number of rotatable bonds is 8. The smallest absolute Gasteiger partial charge is 0.235 e. The molecule has 1 aliphatic rings. The number of nitrogens with zero attached hydrogens (tertiary/aromatic N) is 1. The molecule has 2 heterocycles. The average molecular weight is 555 g/mol. The highest BCUT2D eigenvalue weighted by molar-refractivity contribution is 7.93. The van der Waals surface area contributed by atoms with Crippen molar-refractivity contribution >= 4 is 49.2 Å². The third kappa shape index (κ3) is 5.48. The second-order valence-corrected chi connectivity index (χ2v) is 12.5. The first kappa shape index (κ1) is 26.1. The Morgan fingerprint density at radius 3 is 2.58 bits per heavy atom. The van der Waals surface area contributed by atoms with Crippen molar-refractivity contribution in [3.05, 3.63) is 77.9 Å². The van der Waals surface area contributed by atoms with Gasteiger partial charge in [-0.2, -0.15) is 0 Å². The fourth-order valence-corrected chi connectivity index (χ4v) is 6.84. The molecule has 3 N–H and O–H groups in total. The molecule has 1 aliphatic carbocycles. The molecule has 0 spiro atoms. The van der Waals surface area contributed by atoms with Crippen LogP contribution in [-0.2, 0) is 21.0 Å². The van der Waals surface area contributed by atoms with Gasteiger partial charge in [0.2, 0.25) is 10.0 Å². The molecular formula is C27H27FN4O4S2. The average Bonchev–Trinajstić information content (AvgIpc) is 3.33. The van der Waals surface area contributed by atoms with E-state index in [-0.39, 0.29) is 16.8 Å². The highest BCUT2D eigenvalue weighted by Gasteiger charge is 2.28. The van der Waals surface area contributed by atoms with E-state index in [1.54, 1.807) is 18.3 Å². The molecule has 11 heteroatoms. The monoisotopic (exact) mass is 554 g/mol. The number of halogens is 1. The maximum atomic E-state index is 14.8. The van der Waals surface area contributed by atoms with Crippen LogP contribution in [0.25, 0.3) is 22.2 Å². The van der Waals surface area contributed by atoms with Crippen molar-refractivity contribution in [3.8, 4) is 11.1 Å². The number of aromatic nitrogens is 2. The number of carbonyl (C=O) groups is 1. The Bertz CT molecular complexity index is 1650. The Morgan fingerprint density at radius 2 is 1.82 bits per heavy atom. The maximum Gasteiger partial charge on any atom is 0.235 e. The largest absolute Gasteiger partial charge is 0.345 e. The number of carbonyl (C=O) groups excluding carboxylic acids is 1. The van der Waals surface area contributed by atoms with Gasteiger partial charge in [-0.3, -0.25) is 9.52 Å². The zero-order valence-electron chi connectivity index (χ0n) is 20.7. The molecule has 1 atom stereocenters. The first-order valence-corrected chi connectivity index (χ1v) is 15.4. The summed E-state index contributed by atoms with van der Waals surface area (Å²) in [6.07, 6.45) is 8.56. The zero-order valence-corrected chi connectivity index (χ0v) is 22.3. The molecule has 1 unspecified atom stereocenters. The van der Waals surface area contributed by atoms with E-state index in [0.29, 0.717) is 35.1 Å². The number of fused-ring (bicyclic) bond motifs is 1. The fraction of sp³-hybridized carbons (Fsp3) is 0.259. The normalized spacial score (nSPS) is 15.3. The van der Waals surface area contributed by atoms with E-state index in [1.165, 1.54) is 24.6 Å². The summed E-state index contributed by atoms with van der Waals surface area (Å²) in [6.45, 7) is 0. The van der Waals surface area contributed by atoms with Gasteiger partial charge in [-0.05, 0) is 54.8 Å². The number of pyridine rings is 1. The number of hydrogen-bond acceptors (Lipinski definition) is 5. The van der Waals surface area contributed by atoms with Crippen LogP contribution in [0, 0.1) is 5.82 Å². The van der Waals surface area contributed by atoms with Gasteiger partial charge in [-0.15, -0.1) is 0 Å². The first-order valence-electron chi connectivity index (χ1n) is 12.2. The summed E-state index contributed by atoms with van der Waals surface area (Å²) >= 11 is 0. The highest BCUT2D eigenvalue weighted by Crippen LogP contribution is 2.30. The number of nitrogens with one attached hydrogen (secondary N) is 3. The molecule has 0 radical (unpaired) electrons. The number of benzene rings is 2. The van der Waals surface area contributed by atoms with Crippen LogP contribution in [0.1, 0.15) is 48.0 Å². The van der Waals surface area contributed by atoms with Crippen LogP contribution in [0.5, 0.6) is 0 Å². The summed E-state index contributed by atoms with van der Waals surface area (Å²) in [5.41, 5.74) is 2.75. The van der Waals surface area contributed by atoms with Crippen LogP contribution in [0.4, 0.5) is 15.8 Å². The van der Waals surface area contributed by atoms with E-state index >= 15 is 0 Å². The Balaban J connectivity index is 1.46. The van der Waals surface area contributed by atoms with Gasteiger partial charge in [0, 0.05) is 46.5 Å². The van der Waals surface area contributed by atoms with Crippen molar-refractivity contribution in [2.45, 2.75) is 37.4 Å². The summed E-state index contributed by atoms with van der Waals surface area (Å²) in [7, 11) is -4.89. The summed E-state index contributed by atoms with van der Waals surface area (Å²) < 4.78 is 57.5. The van der Waals surface area contributed by atoms with E-state index < -0.39 is 37.9 Å². The number of H-pyrrole nitrogens is 1. The van der Waals surface area contributed by atoms with Crippen molar-refractivity contribution in [2.75, 3.05) is 15.7 Å². The van der Waals surface area contributed by atoms with Crippen LogP contribution in [0.15, 0.2) is 60.9 Å². The van der Waals surface area contributed by atoms with E-state index in [2.05, 4.69) is 19.4 Å². The molecule has 0 saturated heterocycles. The van der Waals surface area contributed by atoms with Crippen molar-refractivity contribution < 1.29 is 21.8 Å². The van der Waals surface area contributed by atoms with Gasteiger partial charge in [-0.25, -0.2) is 22.0 Å². The van der Waals surface area contributed by atoms with Crippen LogP contribution in [0.3, 0.4) is 0 Å². The highest BCUT2D eigenvalue weighted by atomic mass is 32.2. The topological polar surface area (TPSA) is 121 Å². The molecule has 2 aromatic heterocycles. The summed E-state index contributed by atoms with van der Waals surface area (Å²) in [4.78, 5) is 20.8. The quantitative estimate of drug-likeness (QED) is 0.253. The molecule has 1 fully saturated rings. The standard InChI is InChI=1S/C27H27FN4O4S2/c1-37(34)31-19-7-5-6-17(12-19)18-13-22-24(16-30-27(22)29-15-18)26(33)23-14-20(10-11-25(23)28)32-38(35,36)21-8-3-2-4-9-21/h5-7,10-16,21,31-32H,2-4,8-9H2,1H3,(H,29,30). The van der Waals surface area contributed by atoms with Gasteiger partial charge in [0.1, 0.15) is 22.5 Å². The fourth-order valence-electron chi connectivity index (χ4n) is 4.81. The van der Waals surface area contributed by atoms with Crippen molar-refractivity contribution in [1.29, 1.82) is 0 Å². The zero-order chi connectivity index (χ0) is 26.9. The minimum absolute atomic E-state index is 0.150. The molecule has 38 heavy (non-hydrogen) atoms. The third-order valence-electron chi connectivity index (χ3n) is 6.70. The van der Waals surface area contributed by atoms with E-state index in [1.807, 2.05) is 18.2 Å². The van der Waals surface area contributed by atoms with Crippen LogP contribution in [-0.4, -0.2) is 39.9 Å². The van der Waals surface area contributed by atoms with E-state index in [9.17, 15) is 21.8 Å². The van der Waals surface area contributed by atoms with Crippen molar-refractivity contribution in [2.24, 2.45) is 0 Å². The molecule has 1 saturated carbocycles. The van der Waals surface area contributed by atoms with Crippen molar-refractivity contribution in [1.82, 2.24) is 9.97 Å². The number of ketones is 1. The predicted molar refractivity (Wildman–Crippen MR) is 148 cm³/mol. The summed E-state index contributed by atoms with van der Waals surface area (Å²) in [6, 6.07) is 12.7. The predicted octanol–water partition coefficient (Wildman–Crippen LogP) is 5.38. The van der Waals surface area contributed by atoms with Gasteiger partial charge in [0.15, 0.2) is 5.78 Å².